The van der Waals surface area contributed by atoms with Crippen LogP contribution in [-0.2, 0) is 16.1 Å². The van der Waals surface area contributed by atoms with Crippen LogP contribution in [-0.4, -0.2) is 24.7 Å². The molecule has 1 rings (SSSR count). The minimum Gasteiger partial charge on any atom is -0.477 e. The molecule has 5 heteroatoms. The highest BCUT2D eigenvalue weighted by atomic mass is 35.5. The molecule has 1 unspecified atom stereocenters. The number of hydrogen-bond donors (Lipinski definition) is 1. The van der Waals surface area contributed by atoms with Gasteiger partial charge in [-0.25, -0.2) is 4.79 Å². The zero-order valence-electron chi connectivity index (χ0n) is 12.6. The molecule has 112 valence electrons. The molecule has 1 aromatic carbocycles. The summed E-state index contributed by atoms with van der Waals surface area (Å²) in [5.41, 5.74) is 0.885. The first-order valence-electron chi connectivity index (χ1n) is 6.51. The molecular weight excluding hydrogens is 278 g/mol. The van der Waals surface area contributed by atoms with E-state index in [4.69, 9.17) is 16.3 Å². The quantitative estimate of drug-likeness (QED) is 0.848. The third-order valence-corrected chi connectivity index (χ3v) is 2.98. The van der Waals surface area contributed by atoms with Crippen molar-refractivity contribution in [1.29, 1.82) is 0 Å². The predicted octanol–water partition coefficient (Wildman–Crippen LogP) is 3.17. The number of halogens is 1. The van der Waals surface area contributed by atoms with Crippen LogP contribution < -0.4 is 10.1 Å². The molecule has 0 spiro atoms. The van der Waals surface area contributed by atoms with E-state index in [9.17, 15) is 4.79 Å². The van der Waals surface area contributed by atoms with Crippen molar-refractivity contribution >= 4 is 17.6 Å². The van der Waals surface area contributed by atoms with E-state index in [0.29, 0.717) is 17.3 Å². The highest BCUT2D eigenvalue weighted by Crippen LogP contribution is 2.30. The molecule has 1 atom stereocenters. The number of esters is 1. The number of benzene rings is 1. The monoisotopic (exact) mass is 299 g/mol. The van der Waals surface area contributed by atoms with Crippen LogP contribution in [0.2, 0.25) is 5.02 Å². The third-order valence-electron chi connectivity index (χ3n) is 2.69. The fourth-order valence-electron chi connectivity index (χ4n) is 1.58. The van der Waals surface area contributed by atoms with Gasteiger partial charge in [0.15, 0.2) is 6.10 Å². The SMILES string of the molecule is COC(=O)C(C)Oc1c(Cl)cccc1CNC(C)(C)C. The number of methoxy groups -OCH3 is 1. The summed E-state index contributed by atoms with van der Waals surface area (Å²) in [7, 11) is 1.33. The van der Waals surface area contributed by atoms with Crippen molar-refractivity contribution in [2.24, 2.45) is 0 Å². The van der Waals surface area contributed by atoms with Crippen LogP contribution in [0.25, 0.3) is 0 Å². The lowest BCUT2D eigenvalue weighted by Crippen LogP contribution is -2.35. The highest BCUT2D eigenvalue weighted by Gasteiger charge is 2.19. The van der Waals surface area contributed by atoms with E-state index in [1.165, 1.54) is 7.11 Å². The van der Waals surface area contributed by atoms with Gasteiger partial charge in [-0.05, 0) is 33.8 Å². The molecule has 0 radical (unpaired) electrons. The van der Waals surface area contributed by atoms with Crippen LogP contribution >= 0.6 is 11.6 Å². The second-order valence-electron chi connectivity index (χ2n) is 5.61. The molecular formula is C15H22ClNO3. The van der Waals surface area contributed by atoms with Crippen molar-refractivity contribution in [3.8, 4) is 5.75 Å². The fraction of sp³-hybridized carbons (Fsp3) is 0.533. The zero-order chi connectivity index (χ0) is 15.3. The molecule has 0 saturated carbocycles. The molecule has 1 aromatic rings. The van der Waals surface area contributed by atoms with E-state index >= 15 is 0 Å². The Hall–Kier alpha value is -1.26. The van der Waals surface area contributed by atoms with E-state index in [0.717, 1.165) is 5.56 Å². The van der Waals surface area contributed by atoms with Gasteiger partial charge in [0.05, 0.1) is 12.1 Å². The molecule has 1 N–H and O–H groups in total. The van der Waals surface area contributed by atoms with Gasteiger partial charge in [-0.2, -0.15) is 0 Å². The number of para-hydroxylation sites is 1. The van der Waals surface area contributed by atoms with E-state index in [-0.39, 0.29) is 5.54 Å². The first-order chi connectivity index (χ1) is 9.24. The number of nitrogens with one attached hydrogen (secondary N) is 1. The Balaban J connectivity index is 2.91. The van der Waals surface area contributed by atoms with Crippen LogP contribution in [0.15, 0.2) is 18.2 Å². The van der Waals surface area contributed by atoms with Gasteiger partial charge in [0.25, 0.3) is 0 Å². The van der Waals surface area contributed by atoms with Gasteiger partial charge in [-0.15, -0.1) is 0 Å². The maximum absolute atomic E-state index is 11.4. The van der Waals surface area contributed by atoms with Gasteiger partial charge in [-0.3, -0.25) is 0 Å². The minimum atomic E-state index is -0.701. The van der Waals surface area contributed by atoms with E-state index < -0.39 is 12.1 Å². The number of carbonyl (C=O) groups is 1. The van der Waals surface area contributed by atoms with E-state index in [2.05, 4.69) is 30.8 Å². The average molecular weight is 300 g/mol. The topological polar surface area (TPSA) is 47.6 Å². The summed E-state index contributed by atoms with van der Waals surface area (Å²) < 4.78 is 10.3. The lowest BCUT2D eigenvalue weighted by atomic mass is 10.1. The summed E-state index contributed by atoms with van der Waals surface area (Å²) >= 11 is 6.17. The molecule has 0 heterocycles. The summed E-state index contributed by atoms with van der Waals surface area (Å²) in [5, 5.41) is 3.85. The standard InChI is InChI=1S/C15H22ClNO3/c1-10(14(18)19-5)20-13-11(7-6-8-12(13)16)9-17-15(2,3)4/h6-8,10,17H,9H2,1-5H3. The van der Waals surface area contributed by atoms with E-state index in [1.54, 1.807) is 13.0 Å². The Morgan fingerprint density at radius 2 is 2.05 bits per heavy atom. The summed E-state index contributed by atoms with van der Waals surface area (Å²) in [4.78, 5) is 11.4. The maximum Gasteiger partial charge on any atom is 0.346 e. The Bertz CT molecular complexity index is 469. The predicted molar refractivity (Wildman–Crippen MR) is 80.2 cm³/mol. The lowest BCUT2D eigenvalue weighted by molar-refractivity contribution is -0.147. The summed E-state index contributed by atoms with van der Waals surface area (Å²) in [6.45, 7) is 8.48. The van der Waals surface area contributed by atoms with Gasteiger partial charge in [0.2, 0.25) is 0 Å². The smallest absolute Gasteiger partial charge is 0.346 e. The molecule has 0 aliphatic carbocycles. The van der Waals surface area contributed by atoms with Crippen molar-refractivity contribution < 1.29 is 14.3 Å². The number of ether oxygens (including phenoxy) is 2. The molecule has 0 saturated heterocycles. The molecule has 4 nitrogen and oxygen atoms in total. The van der Waals surface area contributed by atoms with Crippen molar-refractivity contribution in [2.75, 3.05) is 7.11 Å². The van der Waals surface area contributed by atoms with Gasteiger partial charge >= 0.3 is 5.97 Å². The van der Waals surface area contributed by atoms with Crippen molar-refractivity contribution in [2.45, 2.75) is 45.9 Å². The molecule has 0 aliphatic heterocycles. The first kappa shape index (κ1) is 16.8. The molecule has 0 aromatic heterocycles. The Kier molecular flexibility index (Phi) is 5.84. The Morgan fingerprint density at radius 1 is 1.40 bits per heavy atom. The minimum absolute atomic E-state index is 0.0203. The van der Waals surface area contributed by atoms with Crippen molar-refractivity contribution in [3.63, 3.8) is 0 Å². The average Bonchev–Trinajstić information content (AvgIpc) is 2.37. The molecule has 0 fully saturated rings. The second kappa shape index (κ2) is 6.95. The van der Waals surface area contributed by atoms with Gasteiger partial charge in [-0.1, -0.05) is 23.7 Å². The Labute approximate surface area is 125 Å². The summed E-state index contributed by atoms with van der Waals surface area (Å²) in [6, 6.07) is 5.52. The largest absolute Gasteiger partial charge is 0.477 e. The van der Waals surface area contributed by atoms with Crippen molar-refractivity contribution in [3.05, 3.63) is 28.8 Å². The first-order valence-corrected chi connectivity index (χ1v) is 6.89. The lowest BCUT2D eigenvalue weighted by Gasteiger charge is -2.23. The van der Waals surface area contributed by atoms with Crippen LogP contribution in [0.4, 0.5) is 0 Å². The molecule has 0 amide bonds. The summed E-state index contributed by atoms with van der Waals surface area (Å²) in [5.74, 6) is 0.0865. The second-order valence-corrected chi connectivity index (χ2v) is 6.02. The third kappa shape index (κ3) is 5.02. The van der Waals surface area contributed by atoms with Crippen LogP contribution in [0.3, 0.4) is 0 Å². The normalized spacial score (nSPS) is 12.9. The number of rotatable bonds is 5. The fourth-order valence-corrected chi connectivity index (χ4v) is 1.81. The maximum atomic E-state index is 11.4. The number of carbonyl (C=O) groups excluding carboxylic acids is 1. The van der Waals surface area contributed by atoms with Crippen LogP contribution in [0.5, 0.6) is 5.75 Å². The highest BCUT2D eigenvalue weighted by molar-refractivity contribution is 6.32. The van der Waals surface area contributed by atoms with Gasteiger partial charge in [0.1, 0.15) is 5.75 Å². The van der Waals surface area contributed by atoms with Crippen molar-refractivity contribution in [1.82, 2.24) is 5.32 Å². The number of hydrogen-bond acceptors (Lipinski definition) is 4. The molecule has 0 bridgehead atoms. The summed E-state index contributed by atoms with van der Waals surface area (Å²) in [6.07, 6.45) is -0.701. The van der Waals surface area contributed by atoms with Gasteiger partial charge in [0, 0.05) is 17.6 Å². The van der Waals surface area contributed by atoms with Crippen LogP contribution in [0, 0.1) is 0 Å². The molecule has 20 heavy (non-hydrogen) atoms. The van der Waals surface area contributed by atoms with Gasteiger partial charge < -0.3 is 14.8 Å². The Morgan fingerprint density at radius 3 is 2.60 bits per heavy atom. The van der Waals surface area contributed by atoms with Crippen LogP contribution in [0.1, 0.15) is 33.3 Å². The zero-order valence-corrected chi connectivity index (χ0v) is 13.4. The molecule has 0 aliphatic rings. The van der Waals surface area contributed by atoms with E-state index in [1.807, 2.05) is 12.1 Å².